The Hall–Kier alpha value is -3.76. The maximum atomic E-state index is 14.1. The zero-order chi connectivity index (χ0) is 25.6. The molecule has 1 fully saturated rings. The van der Waals surface area contributed by atoms with Crippen LogP contribution in [-0.4, -0.2) is 52.7 Å². The first kappa shape index (κ1) is 24.9. The van der Waals surface area contributed by atoms with Gasteiger partial charge in [0.2, 0.25) is 11.8 Å². The van der Waals surface area contributed by atoms with Gasteiger partial charge in [-0.3, -0.25) is 14.5 Å². The van der Waals surface area contributed by atoms with Gasteiger partial charge in [0, 0.05) is 18.0 Å². The number of nitrogens with zero attached hydrogens (tertiary/aromatic N) is 4. The Morgan fingerprint density at radius 2 is 2.03 bits per heavy atom. The Kier molecular flexibility index (Phi) is 7.76. The second-order valence-corrected chi connectivity index (χ2v) is 9.68. The first-order valence-electron chi connectivity index (χ1n) is 12.4. The highest BCUT2D eigenvalue weighted by molar-refractivity contribution is 7.10. The van der Waals surface area contributed by atoms with Crippen LogP contribution in [-0.2, 0) is 20.9 Å². The van der Waals surface area contributed by atoms with Crippen LogP contribution in [0.15, 0.2) is 66.0 Å². The zero-order valence-corrected chi connectivity index (χ0v) is 21.4. The normalized spacial score (nSPS) is 16.0. The van der Waals surface area contributed by atoms with Crippen LogP contribution in [0.2, 0.25) is 0 Å². The summed E-state index contributed by atoms with van der Waals surface area (Å²) in [5.41, 5.74) is 1.95. The Bertz CT molecular complexity index is 1350. The van der Waals surface area contributed by atoms with Crippen molar-refractivity contribution in [3.63, 3.8) is 0 Å². The van der Waals surface area contributed by atoms with E-state index < -0.39 is 6.04 Å². The van der Waals surface area contributed by atoms with E-state index in [-0.39, 0.29) is 24.5 Å². The van der Waals surface area contributed by atoms with E-state index in [1.54, 1.807) is 16.8 Å². The molecule has 2 amide bonds. The van der Waals surface area contributed by atoms with E-state index in [2.05, 4.69) is 15.6 Å². The molecular formula is C27H29N5O4S. The molecule has 37 heavy (non-hydrogen) atoms. The maximum Gasteiger partial charge on any atom is 0.249 e. The third kappa shape index (κ3) is 5.50. The second-order valence-electron chi connectivity index (χ2n) is 8.70. The van der Waals surface area contributed by atoms with E-state index in [9.17, 15) is 9.59 Å². The fourth-order valence-electron chi connectivity index (χ4n) is 4.53. The number of rotatable bonds is 10. The number of fused-ring (bicyclic) bond motifs is 1. The molecule has 1 saturated heterocycles. The lowest BCUT2D eigenvalue weighted by Gasteiger charge is -2.32. The van der Waals surface area contributed by atoms with Gasteiger partial charge in [-0.15, -0.1) is 16.4 Å². The van der Waals surface area contributed by atoms with Crippen molar-refractivity contribution in [2.75, 3.05) is 24.7 Å². The number of carbonyl (C=O) groups excluding carboxylic acids is 2. The highest BCUT2D eigenvalue weighted by Crippen LogP contribution is 2.37. The number of nitrogens with one attached hydrogen (secondary N) is 1. The number of para-hydroxylation sites is 3. The Balaban J connectivity index is 1.53. The lowest BCUT2D eigenvalue weighted by atomic mass is 10.1. The molecular weight excluding hydrogens is 490 g/mol. The van der Waals surface area contributed by atoms with Crippen molar-refractivity contribution in [2.45, 2.75) is 38.5 Å². The molecule has 9 nitrogen and oxygen atoms in total. The third-order valence-electron chi connectivity index (χ3n) is 6.25. The molecule has 4 aromatic rings. The smallest absolute Gasteiger partial charge is 0.249 e. The lowest BCUT2D eigenvalue weighted by molar-refractivity contribution is -0.127. The van der Waals surface area contributed by atoms with Crippen molar-refractivity contribution in [1.82, 2.24) is 20.3 Å². The largest absolute Gasteiger partial charge is 0.492 e. The Morgan fingerprint density at radius 1 is 1.19 bits per heavy atom. The number of anilines is 1. The van der Waals surface area contributed by atoms with Gasteiger partial charge in [-0.05, 0) is 55.5 Å². The van der Waals surface area contributed by atoms with Crippen molar-refractivity contribution in [3.05, 3.63) is 70.9 Å². The van der Waals surface area contributed by atoms with Gasteiger partial charge in [0.25, 0.3) is 0 Å². The molecule has 10 heteroatoms. The van der Waals surface area contributed by atoms with Crippen LogP contribution in [0.25, 0.3) is 11.0 Å². The van der Waals surface area contributed by atoms with Crippen LogP contribution < -0.4 is 15.0 Å². The number of hydrogen-bond donors (Lipinski definition) is 1. The van der Waals surface area contributed by atoms with Crippen LogP contribution in [0.5, 0.6) is 5.75 Å². The summed E-state index contributed by atoms with van der Waals surface area (Å²) in [7, 11) is 0. The van der Waals surface area contributed by atoms with E-state index >= 15 is 0 Å². The van der Waals surface area contributed by atoms with Gasteiger partial charge in [0.15, 0.2) is 0 Å². The fraction of sp³-hybridized carbons (Fsp3) is 0.333. The van der Waals surface area contributed by atoms with Gasteiger partial charge in [0.1, 0.15) is 23.9 Å². The highest BCUT2D eigenvalue weighted by Gasteiger charge is 2.36. The minimum Gasteiger partial charge on any atom is -0.492 e. The predicted molar refractivity (Wildman–Crippen MR) is 142 cm³/mol. The van der Waals surface area contributed by atoms with Crippen LogP contribution >= 0.6 is 11.3 Å². The van der Waals surface area contributed by atoms with Crippen LogP contribution in [0.4, 0.5) is 5.69 Å². The van der Waals surface area contributed by atoms with Crippen molar-refractivity contribution >= 4 is 39.9 Å². The number of aromatic nitrogens is 3. The van der Waals surface area contributed by atoms with Gasteiger partial charge in [-0.25, -0.2) is 4.68 Å². The number of ether oxygens (including phenoxy) is 2. The summed E-state index contributed by atoms with van der Waals surface area (Å²) in [5.74, 6) is -0.0650. The van der Waals surface area contributed by atoms with E-state index in [0.29, 0.717) is 36.7 Å². The van der Waals surface area contributed by atoms with Gasteiger partial charge >= 0.3 is 0 Å². The van der Waals surface area contributed by atoms with Gasteiger partial charge in [-0.2, -0.15) is 0 Å². The monoisotopic (exact) mass is 519 g/mol. The summed E-state index contributed by atoms with van der Waals surface area (Å²) >= 11 is 1.43. The standard InChI is InChI=1S/C27H29N5O4S/c1-2-35-23-13-6-5-12-22(23)32(25(33)18-31-21-11-4-3-10-20(21)29-30-31)26(24-14-8-16-37-24)27(34)28-17-19-9-7-15-36-19/h3-6,8,10-14,16,19,26H,2,7,9,15,17-18H2,1H3,(H,28,34)/t19-,26+/m1/s1. The highest BCUT2D eigenvalue weighted by atomic mass is 32.1. The molecule has 0 unspecified atom stereocenters. The zero-order valence-electron chi connectivity index (χ0n) is 20.6. The average Bonchev–Trinajstić information content (AvgIpc) is 3.70. The molecule has 0 bridgehead atoms. The van der Waals surface area contributed by atoms with Crippen LogP contribution in [0.3, 0.4) is 0 Å². The second kappa shape index (κ2) is 11.5. The summed E-state index contributed by atoms with van der Waals surface area (Å²) in [5, 5.41) is 13.3. The summed E-state index contributed by atoms with van der Waals surface area (Å²) in [6.45, 7) is 3.30. The molecule has 0 saturated carbocycles. The molecule has 3 heterocycles. The van der Waals surface area contributed by atoms with E-state index in [1.807, 2.05) is 60.8 Å². The van der Waals surface area contributed by atoms with E-state index in [4.69, 9.17) is 9.47 Å². The molecule has 5 rings (SSSR count). The number of amides is 2. The summed E-state index contributed by atoms with van der Waals surface area (Å²) in [6.07, 6.45) is 1.86. The van der Waals surface area contributed by atoms with Gasteiger partial charge < -0.3 is 14.8 Å². The molecule has 1 aliphatic rings. The maximum absolute atomic E-state index is 14.1. The minimum absolute atomic E-state index is 0.0192. The average molecular weight is 520 g/mol. The number of carbonyl (C=O) groups is 2. The summed E-state index contributed by atoms with van der Waals surface area (Å²) < 4.78 is 13.1. The first-order valence-corrected chi connectivity index (χ1v) is 13.3. The topological polar surface area (TPSA) is 98.6 Å². The number of benzene rings is 2. The van der Waals surface area contributed by atoms with Crippen LogP contribution in [0, 0.1) is 0 Å². The molecule has 2 aromatic heterocycles. The van der Waals surface area contributed by atoms with E-state index in [1.165, 1.54) is 16.2 Å². The Labute approximate surface area is 219 Å². The van der Waals surface area contributed by atoms with Crippen molar-refractivity contribution in [1.29, 1.82) is 0 Å². The molecule has 1 aliphatic heterocycles. The lowest BCUT2D eigenvalue weighted by Crippen LogP contribution is -2.46. The summed E-state index contributed by atoms with van der Waals surface area (Å²) in [4.78, 5) is 30.1. The molecule has 1 N–H and O–H groups in total. The molecule has 0 spiro atoms. The fourth-order valence-corrected chi connectivity index (χ4v) is 5.34. The molecule has 2 atom stereocenters. The van der Waals surface area contributed by atoms with Gasteiger partial charge in [0.05, 0.1) is 23.9 Å². The molecule has 0 radical (unpaired) electrons. The summed E-state index contributed by atoms with van der Waals surface area (Å²) in [6, 6.07) is 17.6. The van der Waals surface area contributed by atoms with E-state index in [0.717, 1.165) is 23.2 Å². The first-order chi connectivity index (χ1) is 18.2. The predicted octanol–water partition coefficient (Wildman–Crippen LogP) is 3.96. The molecule has 192 valence electrons. The molecule has 0 aliphatic carbocycles. The third-order valence-corrected chi connectivity index (χ3v) is 7.17. The van der Waals surface area contributed by atoms with Gasteiger partial charge in [-0.1, -0.05) is 35.5 Å². The number of thiophene rings is 1. The molecule has 2 aromatic carbocycles. The quantitative estimate of drug-likeness (QED) is 0.341. The SMILES string of the molecule is CCOc1ccccc1N(C(=O)Cn1nnc2ccccc21)[C@H](C(=O)NC[C@H]1CCCO1)c1cccs1. The minimum atomic E-state index is -0.898. The van der Waals surface area contributed by atoms with Crippen molar-refractivity contribution in [3.8, 4) is 5.75 Å². The van der Waals surface area contributed by atoms with Crippen LogP contribution in [0.1, 0.15) is 30.7 Å². The van der Waals surface area contributed by atoms with Crippen molar-refractivity contribution < 1.29 is 19.1 Å². The number of hydrogen-bond acceptors (Lipinski definition) is 7. The van der Waals surface area contributed by atoms with Crippen molar-refractivity contribution in [2.24, 2.45) is 0 Å². The Morgan fingerprint density at radius 3 is 2.81 bits per heavy atom.